The number of anilines is 2. The highest BCUT2D eigenvalue weighted by molar-refractivity contribution is 7.19. The Morgan fingerprint density at radius 2 is 2.00 bits per heavy atom. The average Bonchev–Trinajstić information content (AvgIpc) is 2.81. The lowest BCUT2D eigenvalue weighted by atomic mass is 10.3. The van der Waals surface area contributed by atoms with E-state index in [-0.39, 0.29) is 0 Å². The third-order valence-electron chi connectivity index (χ3n) is 2.66. The molecular formula is C13H22N2O5S. The highest BCUT2D eigenvalue weighted by Crippen LogP contribution is 2.42. The third-order valence-corrected chi connectivity index (χ3v) is 3.78. The minimum absolute atomic E-state index is 0.299. The number of thiophene rings is 1. The molecule has 0 aliphatic carbocycles. The molecular weight excluding hydrogens is 296 g/mol. The van der Waals surface area contributed by atoms with Crippen LogP contribution < -0.4 is 15.8 Å². The molecule has 1 aromatic heterocycles. The van der Waals surface area contributed by atoms with Crippen LogP contribution in [0.3, 0.4) is 0 Å². The van der Waals surface area contributed by atoms with Gasteiger partial charge in [0.1, 0.15) is 15.6 Å². The quantitative estimate of drug-likeness (QED) is 0.500. The first-order valence-corrected chi connectivity index (χ1v) is 7.32. The van der Waals surface area contributed by atoms with Crippen LogP contribution in [0.1, 0.15) is 16.1 Å². The van der Waals surface area contributed by atoms with E-state index < -0.39 is 5.97 Å². The number of methoxy groups -OCH3 is 3. The number of hydrogen-bond donors (Lipinski definition) is 2. The van der Waals surface area contributed by atoms with E-state index in [2.05, 4.69) is 10.1 Å². The van der Waals surface area contributed by atoms with Crippen molar-refractivity contribution in [1.82, 2.24) is 0 Å². The largest absolute Gasteiger partial charge is 0.492 e. The van der Waals surface area contributed by atoms with E-state index in [1.54, 1.807) is 7.11 Å². The summed E-state index contributed by atoms with van der Waals surface area (Å²) >= 11 is 1.22. The lowest BCUT2D eigenvalue weighted by Gasteiger charge is -2.07. The molecule has 0 aromatic carbocycles. The van der Waals surface area contributed by atoms with Gasteiger partial charge in [0.2, 0.25) is 0 Å². The first-order valence-electron chi connectivity index (χ1n) is 6.50. The number of ether oxygens (including phenoxy) is 4. The van der Waals surface area contributed by atoms with Crippen molar-refractivity contribution in [2.75, 3.05) is 58.7 Å². The standard InChI is InChI=1S/C13H22N2O5S/c1-17-7-8-20-6-4-5-15-12-10(18-2)9(14)11(21-12)13(16)19-3/h15H,4-8,14H2,1-3H3. The SMILES string of the molecule is COCCOCCCNc1sc(C(=O)OC)c(N)c1OC. The van der Waals surface area contributed by atoms with Gasteiger partial charge in [-0.1, -0.05) is 0 Å². The number of carbonyl (C=O) groups excluding carboxylic acids is 1. The molecule has 21 heavy (non-hydrogen) atoms. The number of nitrogens with one attached hydrogen (secondary N) is 1. The molecule has 1 rings (SSSR count). The maximum Gasteiger partial charge on any atom is 0.350 e. The zero-order valence-electron chi connectivity index (χ0n) is 12.6. The van der Waals surface area contributed by atoms with E-state index in [0.717, 1.165) is 6.42 Å². The van der Waals surface area contributed by atoms with Crippen molar-refractivity contribution in [3.63, 3.8) is 0 Å². The van der Waals surface area contributed by atoms with Crippen LogP contribution in [-0.4, -0.2) is 53.7 Å². The van der Waals surface area contributed by atoms with Crippen molar-refractivity contribution in [3.05, 3.63) is 4.88 Å². The Morgan fingerprint density at radius 3 is 2.62 bits per heavy atom. The van der Waals surface area contributed by atoms with Crippen LogP contribution in [-0.2, 0) is 14.2 Å². The number of nitrogens with two attached hydrogens (primary N) is 1. The van der Waals surface area contributed by atoms with Gasteiger partial charge in [0.15, 0.2) is 5.75 Å². The van der Waals surface area contributed by atoms with Gasteiger partial charge in [0.05, 0.1) is 27.4 Å². The minimum Gasteiger partial charge on any atom is -0.492 e. The fourth-order valence-electron chi connectivity index (χ4n) is 1.61. The number of rotatable bonds is 10. The molecule has 0 fully saturated rings. The molecule has 120 valence electrons. The van der Waals surface area contributed by atoms with Crippen molar-refractivity contribution >= 4 is 28.0 Å². The van der Waals surface area contributed by atoms with E-state index in [0.29, 0.717) is 47.7 Å². The van der Waals surface area contributed by atoms with Gasteiger partial charge in [-0.2, -0.15) is 0 Å². The maximum absolute atomic E-state index is 11.6. The van der Waals surface area contributed by atoms with Crippen LogP contribution in [0, 0.1) is 0 Å². The van der Waals surface area contributed by atoms with Gasteiger partial charge in [-0.15, -0.1) is 11.3 Å². The number of hydrogen-bond acceptors (Lipinski definition) is 8. The van der Waals surface area contributed by atoms with Crippen molar-refractivity contribution in [2.45, 2.75) is 6.42 Å². The summed E-state index contributed by atoms with van der Waals surface area (Å²) in [6, 6.07) is 0. The van der Waals surface area contributed by atoms with Crippen LogP contribution in [0.5, 0.6) is 5.75 Å². The van der Waals surface area contributed by atoms with E-state index in [4.69, 9.17) is 19.9 Å². The molecule has 1 heterocycles. The predicted octanol–water partition coefficient (Wildman–Crippen LogP) is 1.59. The summed E-state index contributed by atoms with van der Waals surface area (Å²) in [5.41, 5.74) is 6.18. The first-order chi connectivity index (χ1) is 10.2. The summed E-state index contributed by atoms with van der Waals surface area (Å²) in [7, 11) is 4.47. The van der Waals surface area contributed by atoms with Crippen LogP contribution in [0.2, 0.25) is 0 Å². The summed E-state index contributed by atoms with van der Waals surface area (Å²) in [6.07, 6.45) is 0.818. The maximum atomic E-state index is 11.6. The van der Waals surface area contributed by atoms with E-state index in [1.807, 2.05) is 0 Å². The highest BCUT2D eigenvalue weighted by Gasteiger charge is 2.22. The zero-order chi connectivity index (χ0) is 15.7. The van der Waals surface area contributed by atoms with E-state index in [9.17, 15) is 4.79 Å². The van der Waals surface area contributed by atoms with Crippen LogP contribution in [0.4, 0.5) is 10.7 Å². The zero-order valence-corrected chi connectivity index (χ0v) is 13.4. The summed E-state index contributed by atoms with van der Waals surface area (Å²) in [6.45, 7) is 2.48. The van der Waals surface area contributed by atoms with Crippen LogP contribution in [0.25, 0.3) is 0 Å². The molecule has 0 unspecified atom stereocenters. The van der Waals surface area contributed by atoms with E-state index >= 15 is 0 Å². The Bertz CT molecular complexity index is 450. The molecule has 1 aromatic rings. The molecule has 7 nitrogen and oxygen atoms in total. The monoisotopic (exact) mass is 318 g/mol. The molecule has 0 saturated heterocycles. The second-order valence-corrected chi connectivity index (χ2v) is 5.10. The molecule has 0 aliphatic rings. The van der Waals surface area contributed by atoms with Crippen molar-refractivity contribution in [1.29, 1.82) is 0 Å². The number of nitrogen functional groups attached to an aromatic ring is 1. The molecule has 0 bridgehead atoms. The Kier molecular flexibility index (Phi) is 7.88. The molecule has 0 amide bonds. The van der Waals surface area contributed by atoms with Gasteiger partial charge in [-0.05, 0) is 6.42 Å². The van der Waals surface area contributed by atoms with Gasteiger partial charge in [-0.3, -0.25) is 0 Å². The molecule has 0 atom stereocenters. The molecule has 8 heteroatoms. The molecule has 0 saturated carbocycles. The summed E-state index contributed by atoms with van der Waals surface area (Å²) in [5.74, 6) is 0.00690. The first kappa shape index (κ1) is 17.5. The Balaban J connectivity index is 2.49. The second-order valence-electron chi connectivity index (χ2n) is 4.08. The Labute approximate surface area is 128 Å². The molecule has 3 N–H and O–H groups in total. The lowest BCUT2D eigenvalue weighted by molar-refractivity contribution is 0.0607. The van der Waals surface area contributed by atoms with E-state index in [1.165, 1.54) is 25.6 Å². The van der Waals surface area contributed by atoms with Crippen molar-refractivity contribution in [2.24, 2.45) is 0 Å². The van der Waals surface area contributed by atoms with Crippen LogP contribution in [0.15, 0.2) is 0 Å². The molecule has 0 spiro atoms. The fraction of sp³-hybridized carbons (Fsp3) is 0.615. The van der Waals surface area contributed by atoms with Gasteiger partial charge in [-0.25, -0.2) is 4.79 Å². The van der Waals surface area contributed by atoms with Gasteiger partial charge < -0.3 is 30.0 Å². The van der Waals surface area contributed by atoms with Gasteiger partial charge in [0, 0.05) is 20.3 Å². The molecule has 0 aliphatic heterocycles. The Hall–Kier alpha value is -1.51. The highest BCUT2D eigenvalue weighted by atomic mass is 32.1. The molecule has 0 radical (unpaired) electrons. The lowest BCUT2D eigenvalue weighted by Crippen LogP contribution is -2.08. The smallest absolute Gasteiger partial charge is 0.350 e. The normalized spacial score (nSPS) is 10.4. The number of esters is 1. The fourth-order valence-corrected chi connectivity index (χ4v) is 2.65. The summed E-state index contributed by atoms with van der Waals surface area (Å²) < 4.78 is 20.2. The summed E-state index contributed by atoms with van der Waals surface area (Å²) in [4.78, 5) is 11.9. The van der Waals surface area contributed by atoms with Crippen molar-refractivity contribution < 1.29 is 23.7 Å². The average molecular weight is 318 g/mol. The van der Waals surface area contributed by atoms with Gasteiger partial charge >= 0.3 is 5.97 Å². The predicted molar refractivity (Wildman–Crippen MR) is 82.4 cm³/mol. The van der Waals surface area contributed by atoms with Crippen LogP contribution >= 0.6 is 11.3 Å². The second kappa shape index (κ2) is 9.43. The Morgan fingerprint density at radius 1 is 1.24 bits per heavy atom. The van der Waals surface area contributed by atoms with Gasteiger partial charge in [0.25, 0.3) is 0 Å². The minimum atomic E-state index is -0.466. The third kappa shape index (κ3) is 5.07. The summed E-state index contributed by atoms with van der Waals surface area (Å²) in [5, 5.41) is 3.90. The number of carbonyl (C=O) groups is 1. The van der Waals surface area contributed by atoms with Crippen molar-refractivity contribution in [3.8, 4) is 5.75 Å². The topological polar surface area (TPSA) is 92.0 Å².